The molecule has 0 saturated heterocycles. The number of rotatable bonds is 6. The number of thioether (sulfide) groups is 1. The molecule has 0 unspecified atom stereocenters. The molecule has 0 saturated carbocycles. The first kappa shape index (κ1) is 21.8. The van der Waals surface area contributed by atoms with Crippen molar-refractivity contribution < 1.29 is 9.59 Å². The second-order valence-electron chi connectivity index (χ2n) is 7.12. The van der Waals surface area contributed by atoms with Crippen molar-refractivity contribution in [2.75, 3.05) is 16.4 Å². The fraction of sp³-hybridized carbons (Fsp3) is 0.182. The molecule has 0 aliphatic carbocycles. The Morgan fingerprint density at radius 2 is 1.88 bits per heavy atom. The minimum atomic E-state index is -0.279. The quantitative estimate of drug-likeness (QED) is 0.421. The zero-order valence-electron chi connectivity index (χ0n) is 17.7. The van der Waals surface area contributed by atoms with Gasteiger partial charge in [-0.25, -0.2) is 9.67 Å². The monoisotopic (exact) mass is 467 g/mol. The minimum Gasteiger partial charge on any atom is -0.326 e. The lowest BCUT2D eigenvalue weighted by molar-refractivity contribution is -0.114. The van der Waals surface area contributed by atoms with Gasteiger partial charge in [-0.15, -0.1) is 11.3 Å². The summed E-state index contributed by atoms with van der Waals surface area (Å²) in [6.07, 6.45) is 0. The highest BCUT2D eigenvalue weighted by molar-refractivity contribution is 8.01. The lowest BCUT2D eigenvalue weighted by Crippen LogP contribution is -2.23. The van der Waals surface area contributed by atoms with Gasteiger partial charge in [0.15, 0.2) is 4.34 Å². The number of anilines is 2. The zero-order chi connectivity index (χ0) is 22.8. The van der Waals surface area contributed by atoms with Gasteiger partial charge in [-0.3, -0.25) is 19.1 Å². The Balaban J connectivity index is 1.47. The SMILES string of the molecule is CC(=O)Nc1ccc2nc(SCC(=O)Nc3c(C)n(C)n(-c4ccccc4)c3=O)sc2c1. The van der Waals surface area contributed by atoms with Gasteiger partial charge in [0.2, 0.25) is 11.8 Å². The van der Waals surface area contributed by atoms with Crippen molar-refractivity contribution in [3.8, 4) is 5.69 Å². The number of amides is 2. The third kappa shape index (κ3) is 4.46. The highest BCUT2D eigenvalue weighted by atomic mass is 32.2. The fourth-order valence-corrected chi connectivity index (χ4v) is 5.17. The Kier molecular flexibility index (Phi) is 6.15. The van der Waals surface area contributed by atoms with Gasteiger partial charge in [0, 0.05) is 19.7 Å². The number of benzene rings is 2. The van der Waals surface area contributed by atoms with Crippen molar-refractivity contribution in [3.63, 3.8) is 0 Å². The van der Waals surface area contributed by atoms with E-state index in [-0.39, 0.29) is 28.8 Å². The Morgan fingerprint density at radius 1 is 1.12 bits per heavy atom. The Morgan fingerprint density at radius 3 is 2.59 bits per heavy atom. The molecule has 4 rings (SSSR count). The topological polar surface area (TPSA) is 98.0 Å². The van der Waals surface area contributed by atoms with Crippen LogP contribution in [0.4, 0.5) is 11.4 Å². The fourth-order valence-electron chi connectivity index (χ4n) is 3.26. The van der Waals surface area contributed by atoms with Crippen LogP contribution in [0.5, 0.6) is 0 Å². The average Bonchev–Trinajstić information content (AvgIpc) is 3.26. The van der Waals surface area contributed by atoms with E-state index in [4.69, 9.17) is 0 Å². The van der Waals surface area contributed by atoms with Crippen molar-refractivity contribution >= 4 is 56.5 Å². The highest BCUT2D eigenvalue weighted by Crippen LogP contribution is 2.31. The maximum atomic E-state index is 12.9. The minimum absolute atomic E-state index is 0.123. The second kappa shape index (κ2) is 9.01. The molecule has 2 N–H and O–H groups in total. The molecule has 0 radical (unpaired) electrons. The smallest absolute Gasteiger partial charge is 0.295 e. The molecule has 0 aliphatic rings. The van der Waals surface area contributed by atoms with Crippen molar-refractivity contribution in [1.82, 2.24) is 14.3 Å². The maximum Gasteiger partial charge on any atom is 0.295 e. The number of aromatic nitrogens is 3. The van der Waals surface area contributed by atoms with Crippen molar-refractivity contribution in [2.45, 2.75) is 18.2 Å². The molecular weight excluding hydrogens is 446 g/mol. The number of para-hydroxylation sites is 1. The van der Waals surface area contributed by atoms with Crippen LogP contribution in [0, 0.1) is 6.92 Å². The average molecular weight is 468 g/mol. The number of carbonyl (C=O) groups is 2. The summed E-state index contributed by atoms with van der Waals surface area (Å²) in [5, 5.41) is 5.51. The molecular formula is C22H21N5O3S2. The molecule has 0 atom stereocenters. The zero-order valence-corrected chi connectivity index (χ0v) is 19.3. The summed E-state index contributed by atoms with van der Waals surface area (Å²) < 4.78 is 4.91. The molecule has 2 aromatic carbocycles. The number of fused-ring (bicyclic) bond motifs is 1. The first-order valence-electron chi connectivity index (χ1n) is 9.78. The predicted octanol–water partition coefficient (Wildman–Crippen LogP) is 3.78. The van der Waals surface area contributed by atoms with Crippen LogP contribution in [0.3, 0.4) is 0 Å². The normalized spacial score (nSPS) is 11.0. The van der Waals surface area contributed by atoms with E-state index in [1.165, 1.54) is 34.7 Å². The molecule has 32 heavy (non-hydrogen) atoms. The van der Waals surface area contributed by atoms with Gasteiger partial charge >= 0.3 is 0 Å². The van der Waals surface area contributed by atoms with Crippen molar-refractivity contribution in [2.24, 2.45) is 7.05 Å². The molecule has 164 valence electrons. The number of thiazole rings is 1. The van der Waals surface area contributed by atoms with Crippen LogP contribution in [0.1, 0.15) is 12.6 Å². The molecule has 0 bridgehead atoms. The molecule has 10 heteroatoms. The summed E-state index contributed by atoms with van der Waals surface area (Å²) >= 11 is 2.75. The molecule has 0 aliphatic heterocycles. The largest absolute Gasteiger partial charge is 0.326 e. The molecule has 2 heterocycles. The van der Waals surface area contributed by atoms with Gasteiger partial charge < -0.3 is 10.6 Å². The van der Waals surface area contributed by atoms with Crippen LogP contribution in [-0.2, 0) is 16.6 Å². The number of nitrogens with zero attached hydrogens (tertiary/aromatic N) is 3. The summed E-state index contributed by atoms with van der Waals surface area (Å²) in [6.45, 7) is 3.25. The lowest BCUT2D eigenvalue weighted by Gasteiger charge is -2.07. The molecule has 8 nitrogen and oxygen atoms in total. The predicted molar refractivity (Wildman–Crippen MR) is 129 cm³/mol. The Labute approximate surface area is 192 Å². The van der Waals surface area contributed by atoms with Gasteiger partial charge in [-0.2, -0.15) is 0 Å². The number of carbonyl (C=O) groups excluding carboxylic acids is 2. The first-order valence-corrected chi connectivity index (χ1v) is 11.6. The van der Waals surface area contributed by atoms with Crippen LogP contribution in [0.2, 0.25) is 0 Å². The highest BCUT2D eigenvalue weighted by Gasteiger charge is 2.18. The Bertz CT molecular complexity index is 1370. The third-order valence-corrected chi connectivity index (χ3v) is 7.00. The first-order chi connectivity index (χ1) is 15.3. The van der Waals surface area contributed by atoms with Crippen LogP contribution < -0.4 is 16.2 Å². The van der Waals surface area contributed by atoms with Crippen molar-refractivity contribution in [3.05, 3.63) is 64.6 Å². The van der Waals surface area contributed by atoms with Gasteiger partial charge in [-0.05, 0) is 37.3 Å². The van der Waals surface area contributed by atoms with E-state index in [0.29, 0.717) is 11.4 Å². The van der Waals surface area contributed by atoms with E-state index in [2.05, 4.69) is 15.6 Å². The van der Waals surface area contributed by atoms with E-state index in [1.807, 2.05) is 42.5 Å². The number of hydrogen-bond acceptors (Lipinski definition) is 6. The second-order valence-corrected chi connectivity index (χ2v) is 9.37. The van der Waals surface area contributed by atoms with Crippen LogP contribution in [0.15, 0.2) is 57.7 Å². The molecule has 4 aromatic rings. The van der Waals surface area contributed by atoms with Gasteiger partial charge in [0.1, 0.15) is 5.69 Å². The van der Waals surface area contributed by atoms with E-state index in [0.717, 1.165) is 20.2 Å². The standard InChI is InChI=1S/C22H21N5O3S2/c1-13-20(21(30)27(26(13)3)16-7-5-4-6-8-16)25-19(29)12-31-22-24-17-10-9-15(23-14(2)28)11-18(17)32-22/h4-11H,12H2,1-3H3,(H,23,28)(H,25,29). The summed E-state index contributed by atoms with van der Waals surface area (Å²) in [7, 11) is 1.78. The summed E-state index contributed by atoms with van der Waals surface area (Å²) in [6, 6.07) is 14.8. The lowest BCUT2D eigenvalue weighted by atomic mass is 10.3. The maximum absolute atomic E-state index is 12.9. The van der Waals surface area contributed by atoms with Crippen LogP contribution >= 0.6 is 23.1 Å². The van der Waals surface area contributed by atoms with Crippen molar-refractivity contribution in [1.29, 1.82) is 0 Å². The van der Waals surface area contributed by atoms with Gasteiger partial charge in [0.25, 0.3) is 5.56 Å². The van der Waals surface area contributed by atoms with Crippen LogP contribution in [-0.4, -0.2) is 31.9 Å². The molecule has 0 spiro atoms. The summed E-state index contributed by atoms with van der Waals surface area (Å²) in [4.78, 5) is 41.3. The summed E-state index contributed by atoms with van der Waals surface area (Å²) in [5.74, 6) is -0.292. The van der Waals surface area contributed by atoms with E-state index >= 15 is 0 Å². The van der Waals surface area contributed by atoms with Gasteiger partial charge in [0.05, 0.1) is 27.4 Å². The molecule has 0 fully saturated rings. The van der Waals surface area contributed by atoms with E-state index in [1.54, 1.807) is 24.7 Å². The summed E-state index contributed by atoms with van der Waals surface area (Å²) in [5.41, 5.74) is 2.90. The van der Waals surface area contributed by atoms with E-state index in [9.17, 15) is 14.4 Å². The molecule has 2 aromatic heterocycles. The Hall–Kier alpha value is -3.37. The van der Waals surface area contributed by atoms with Crippen LogP contribution in [0.25, 0.3) is 15.9 Å². The third-order valence-electron chi connectivity index (χ3n) is 4.83. The number of nitrogens with one attached hydrogen (secondary N) is 2. The van der Waals surface area contributed by atoms with E-state index < -0.39 is 0 Å². The number of hydrogen-bond donors (Lipinski definition) is 2. The van der Waals surface area contributed by atoms with Gasteiger partial charge in [-0.1, -0.05) is 30.0 Å². The molecule has 2 amide bonds.